The summed E-state index contributed by atoms with van der Waals surface area (Å²) in [5.41, 5.74) is 4.50. The molecule has 8 nitrogen and oxygen atoms in total. The lowest BCUT2D eigenvalue weighted by Crippen LogP contribution is -2.15. The van der Waals surface area contributed by atoms with Crippen molar-refractivity contribution in [3.05, 3.63) is 71.2 Å². The van der Waals surface area contributed by atoms with Gasteiger partial charge < -0.3 is 19.6 Å². The number of esters is 1. The lowest BCUT2D eigenvalue weighted by molar-refractivity contribution is -0.113. The third-order valence-electron chi connectivity index (χ3n) is 5.48. The van der Waals surface area contributed by atoms with Crippen molar-refractivity contribution in [3.8, 4) is 0 Å². The number of hydrogen-bond acceptors (Lipinski definition) is 6. The SMILES string of the molecule is CCOC(=O)c1ccc(NC(=O)CSc2nnc(Cc3c(C)[nH]c4ccccc34)n2CC)cc1. The Kier molecular flexibility index (Phi) is 7.32. The Morgan fingerprint density at radius 1 is 1.09 bits per heavy atom. The smallest absolute Gasteiger partial charge is 0.338 e. The number of anilines is 1. The molecule has 2 aromatic carbocycles. The van der Waals surface area contributed by atoms with E-state index >= 15 is 0 Å². The number of ether oxygens (including phenoxy) is 1. The number of rotatable bonds is 9. The number of aryl methyl sites for hydroxylation is 1. The minimum Gasteiger partial charge on any atom is -0.462 e. The van der Waals surface area contributed by atoms with Gasteiger partial charge in [-0.15, -0.1) is 10.2 Å². The molecule has 0 spiro atoms. The van der Waals surface area contributed by atoms with Gasteiger partial charge in [-0.05, 0) is 56.7 Å². The van der Waals surface area contributed by atoms with Crippen LogP contribution in [0.5, 0.6) is 0 Å². The summed E-state index contributed by atoms with van der Waals surface area (Å²) >= 11 is 1.35. The van der Waals surface area contributed by atoms with Gasteiger partial charge in [0.25, 0.3) is 0 Å². The van der Waals surface area contributed by atoms with Gasteiger partial charge in [-0.1, -0.05) is 30.0 Å². The Hall–Kier alpha value is -3.59. The van der Waals surface area contributed by atoms with Gasteiger partial charge in [0.15, 0.2) is 5.16 Å². The van der Waals surface area contributed by atoms with Gasteiger partial charge in [0.1, 0.15) is 5.82 Å². The van der Waals surface area contributed by atoms with E-state index in [2.05, 4.69) is 39.6 Å². The van der Waals surface area contributed by atoms with Gasteiger partial charge in [-0.3, -0.25) is 4.79 Å². The third-order valence-corrected chi connectivity index (χ3v) is 6.45. The number of thioether (sulfide) groups is 1. The number of benzene rings is 2. The molecule has 1 amide bonds. The highest BCUT2D eigenvalue weighted by atomic mass is 32.2. The molecule has 0 aliphatic carbocycles. The van der Waals surface area contributed by atoms with Crippen molar-refractivity contribution in [2.24, 2.45) is 0 Å². The van der Waals surface area contributed by atoms with Crippen LogP contribution in [0.15, 0.2) is 53.7 Å². The van der Waals surface area contributed by atoms with E-state index < -0.39 is 0 Å². The summed E-state index contributed by atoms with van der Waals surface area (Å²) < 4.78 is 7.02. The maximum atomic E-state index is 12.5. The zero-order valence-corrected chi connectivity index (χ0v) is 20.2. The minimum absolute atomic E-state index is 0.159. The minimum atomic E-state index is -0.381. The normalized spacial score (nSPS) is 11.0. The molecule has 176 valence electrons. The zero-order chi connectivity index (χ0) is 24.1. The van der Waals surface area contributed by atoms with Crippen molar-refractivity contribution in [1.82, 2.24) is 19.7 Å². The zero-order valence-electron chi connectivity index (χ0n) is 19.4. The number of H-pyrrole nitrogens is 1. The first kappa shape index (κ1) is 23.6. The van der Waals surface area contributed by atoms with Crippen LogP contribution in [0.1, 0.15) is 41.3 Å². The van der Waals surface area contributed by atoms with E-state index in [1.165, 1.54) is 22.7 Å². The molecule has 0 aliphatic heterocycles. The molecule has 0 fully saturated rings. The molecule has 0 saturated heterocycles. The predicted molar refractivity (Wildman–Crippen MR) is 133 cm³/mol. The fraction of sp³-hybridized carbons (Fsp3) is 0.280. The highest BCUT2D eigenvalue weighted by molar-refractivity contribution is 7.99. The average Bonchev–Trinajstić information content (AvgIpc) is 3.38. The topological polar surface area (TPSA) is 102 Å². The molecule has 0 atom stereocenters. The van der Waals surface area contributed by atoms with Crippen LogP contribution >= 0.6 is 11.8 Å². The molecule has 9 heteroatoms. The monoisotopic (exact) mass is 477 g/mol. The molecule has 4 rings (SSSR count). The van der Waals surface area contributed by atoms with E-state index in [0.29, 0.717) is 36.0 Å². The number of nitrogens with one attached hydrogen (secondary N) is 2. The van der Waals surface area contributed by atoms with Crippen LogP contribution in [-0.2, 0) is 22.5 Å². The Morgan fingerprint density at radius 3 is 2.59 bits per heavy atom. The number of carbonyl (C=O) groups is 2. The Morgan fingerprint density at radius 2 is 1.85 bits per heavy atom. The molecule has 0 radical (unpaired) electrons. The van der Waals surface area contributed by atoms with Gasteiger partial charge in [0, 0.05) is 35.2 Å². The van der Waals surface area contributed by atoms with Gasteiger partial charge in [-0.2, -0.15) is 0 Å². The number of amides is 1. The summed E-state index contributed by atoms with van der Waals surface area (Å²) in [4.78, 5) is 27.7. The number of nitrogens with zero attached hydrogens (tertiary/aromatic N) is 3. The van der Waals surface area contributed by atoms with Crippen molar-refractivity contribution in [1.29, 1.82) is 0 Å². The quantitative estimate of drug-likeness (QED) is 0.270. The van der Waals surface area contributed by atoms with Crippen molar-refractivity contribution >= 4 is 40.2 Å². The summed E-state index contributed by atoms with van der Waals surface area (Å²) in [6.07, 6.45) is 0.663. The van der Waals surface area contributed by atoms with E-state index in [4.69, 9.17) is 4.74 Å². The Labute approximate surface area is 202 Å². The number of para-hydroxylation sites is 1. The summed E-state index contributed by atoms with van der Waals surface area (Å²) in [6.45, 7) is 6.91. The second kappa shape index (κ2) is 10.6. The maximum absolute atomic E-state index is 12.5. The van der Waals surface area contributed by atoms with Crippen molar-refractivity contribution in [2.45, 2.75) is 38.9 Å². The lowest BCUT2D eigenvalue weighted by Gasteiger charge is -2.09. The van der Waals surface area contributed by atoms with Crippen molar-refractivity contribution in [2.75, 3.05) is 17.7 Å². The van der Waals surface area contributed by atoms with Gasteiger partial charge in [-0.25, -0.2) is 4.79 Å². The summed E-state index contributed by atoms with van der Waals surface area (Å²) in [6, 6.07) is 14.9. The number of hydrogen-bond donors (Lipinski definition) is 2. The number of aromatic nitrogens is 4. The highest BCUT2D eigenvalue weighted by Gasteiger charge is 2.17. The molecule has 2 aromatic heterocycles. The van der Waals surface area contributed by atoms with E-state index in [1.54, 1.807) is 31.2 Å². The van der Waals surface area contributed by atoms with E-state index in [0.717, 1.165) is 17.0 Å². The highest BCUT2D eigenvalue weighted by Crippen LogP contribution is 2.26. The molecular formula is C25H27N5O3S. The van der Waals surface area contributed by atoms with Crippen LogP contribution in [-0.4, -0.2) is 44.0 Å². The molecule has 4 aromatic rings. The van der Waals surface area contributed by atoms with Crippen LogP contribution in [0.4, 0.5) is 5.69 Å². The first-order valence-corrected chi connectivity index (χ1v) is 12.2. The van der Waals surface area contributed by atoms with Crippen LogP contribution in [0, 0.1) is 6.92 Å². The van der Waals surface area contributed by atoms with Crippen LogP contribution < -0.4 is 5.32 Å². The third kappa shape index (κ3) is 5.14. The lowest BCUT2D eigenvalue weighted by atomic mass is 10.1. The number of carbonyl (C=O) groups excluding carboxylic acids is 2. The summed E-state index contributed by atoms with van der Waals surface area (Å²) in [5.74, 6) is 0.527. The van der Waals surface area contributed by atoms with Crippen molar-refractivity contribution < 1.29 is 14.3 Å². The Bertz CT molecular complexity index is 1310. The van der Waals surface area contributed by atoms with Crippen molar-refractivity contribution in [3.63, 3.8) is 0 Å². The van der Waals surface area contributed by atoms with E-state index in [-0.39, 0.29) is 17.6 Å². The molecule has 2 heterocycles. The van der Waals surface area contributed by atoms with Crippen LogP contribution in [0.2, 0.25) is 0 Å². The fourth-order valence-electron chi connectivity index (χ4n) is 3.83. The standard InChI is InChI=1S/C25H27N5O3S/c1-4-30-22(14-20-16(3)26-21-9-7-6-8-19(20)21)28-29-25(30)34-15-23(31)27-18-12-10-17(11-13-18)24(32)33-5-2/h6-13,26H,4-5,14-15H2,1-3H3,(H,27,31). The molecule has 34 heavy (non-hydrogen) atoms. The van der Waals surface area contributed by atoms with Gasteiger partial charge in [0.05, 0.1) is 17.9 Å². The molecule has 0 aliphatic rings. The molecule has 2 N–H and O–H groups in total. The van der Waals surface area contributed by atoms with Crippen LogP contribution in [0.3, 0.4) is 0 Å². The average molecular weight is 478 g/mol. The van der Waals surface area contributed by atoms with Gasteiger partial charge >= 0.3 is 5.97 Å². The molecular weight excluding hydrogens is 450 g/mol. The van der Waals surface area contributed by atoms with E-state index in [9.17, 15) is 9.59 Å². The van der Waals surface area contributed by atoms with E-state index in [1.807, 2.05) is 23.6 Å². The Balaban J connectivity index is 1.39. The molecule has 0 unspecified atom stereocenters. The molecule has 0 saturated carbocycles. The number of fused-ring (bicyclic) bond motifs is 1. The van der Waals surface area contributed by atoms with Gasteiger partial charge in [0.2, 0.25) is 5.91 Å². The fourth-order valence-corrected chi connectivity index (χ4v) is 4.65. The molecule has 0 bridgehead atoms. The summed E-state index contributed by atoms with van der Waals surface area (Å²) in [5, 5.41) is 13.5. The number of aromatic amines is 1. The largest absolute Gasteiger partial charge is 0.462 e. The second-order valence-electron chi connectivity index (χ2n) is 7.73. The van der Waals surface area contributed by atoms with Crippen LogP contribution in [0.25, 0.3) is 10.9 Å². The maximum Gasteiger partial charge on any atom is 0.338 e. The predicted octanol–water partition coefficient (Wildman–Crippen LogP) is 4.59. The first-order valence-electron chi connectivity index (χ1n) is 11.2. The summed E-state index contributed by atoms with van der Waals surface area (Å²) in [7, 11) is 0. The first-order chi connectivity index (χ1) is 16.5. The second-order valence-corrected chi connectivity index (χ2v) is 8.67.